The molecule has 0 saturated heterocycles. The third-order valence-corrected chi connectivity index (χ3v) is 3.55. The molecule has 0 atom stereocenters. The summed E-state index contributed by atoms with van der Waals surface area (Å²) in [5.41, 5.74) is 1.12. The van der Waals surface area contributed by atoms with Gasteiger partial charge in [-0.1, -0.05) is 28.1 Å². The Bertz CT molecular complexity index is 368. The van der Waals surface area contributed by atoms with Crippen molar-refractivity contribution in [3.05, 3.63) is 34.3 Å². The summed E-state index contributed by atoms with van der Waals surface area (Å²) in [6.07, 6.45) is 3.29. The van der Waals surface area contributed by atoms with Gasteiger partial charge in [-0.25, -0.2) is 0 Å². The first-order chi connectivity index (χ1) is 7.12. The van der Waals surface area contributed by atoms with Crippen LogP contribution in [0, 0.1) is 0 Å². The quantitative estimate of drug-likeness (QED) is 0.877. The average molecular weight is 268 g/mol. The largest absolute Gasteiger partial charge is 0.347 e. The van der Waals surface area contributed by atoms with Crippen LogP contribution in [0.15, 0.2) is 28.7 Å². The molecule has 0 aromatic heterocycles. The van der Waals surface area contributed by atoms with E-state index in [2.05, 4.69) is 33.4 Å². The molecule has 1 fully saturated rings. The predicted octanol–water partition coefficient (Wildman–Crippen LogP) is 2.96. The van der Waals surface area contributed by atoms with E-state index in [0.29, 0.717) is 0 Å². The second-order valence-corrected chi connectivity index (χ2v) is 5.04. The molecule has 2 rings (SSSR count). The minimum atomic E-state index is -0.0907. The highest BCUT2D eigenvalue weighted by Gasteiger charge is 2.39. The van der Waals surface area contributed by atoms with Crippen molar-refractivity contribution in [3.63, 3.8) is 0 Å². The van der Waals surface area contributed by atoms with Gasteiger partial charge in [-0.05, 0) is 37.0 Å². The lowest BCUT2D eigenvalue weighted by atomic mass is 9.72. The van der Waals surface area contributed by atoms with Crippen molar-refractivity contribution in [1.82, 2.24) is 5.32 Å². The van der Waals surface area contributed by atoms with Gasteiger partial charge >= 0.3 is 0 Å². The van der Waals surface area contributed by atoms with Gasteiger partial charge < -0.3 is 5.32 Å². The van der Waals surface area contributed by atoms with Gasteiger partial charge in [-0.3, -0.25) is 4.79 Å². The molecular weight excluding hydrogens is 254 g/mol. The topological polar surface area (TPSA) is 29.1 Å². The van der Waals surface area contributed by atoms with E-state index < -0.39 is 0 Å². The number of benzene rings is 1. The van der Waals surface area contributed by atoms with Crippen LogP contribution in [0.3, 0.4) is 0 Å². The summed E-state index contributed by atoms with van der Waals surface area (Å²) in [5.74, 6) is 0.0534. The third kappa shape index (κ3) is 2.07. The van der Waals surface area contributed by atoms with E-state index in [4.69, 9.17) is 0 Å². The Kier molecular flexibility index (Phi) is 2.83. The van der Waals surface area contributed by atoms with Crippen LogP contribution in [0.1, 0.15) is 31.7 Å². The Morgan fingerprint density at radius 1 is 1.33 bits per heavy atom. The van der Waals surface area contributed by atoms with Crippen LogP contribution in [0.2, 0.25) is 0 Å². The molecular formula is C12H14BrNO. The number of hydrogen-bond acceptors (Lipinski definition) is 1. The molecule has 1 N–H and O–H groups in total. The van der Waals surface area contributed by atoms with Crippen molar-refractivity contribution in [2.75, 3.05) is 0 Å². The zero-order chi connectivity index (χ0) is 10.9. The molecule has 1 saturated carbocycles. The van der Waals surface area contributed by atoms with Gasteiger partial charge in [0.1, 0.15) is 0 Å². The highest BCUT2D eigenvalue weighted by atomic mass is 79.9. The monoisotopic (exact) mass is 267 g/mol. The van der Waals surface area contributed by atoms with Crippen LogP contribution in [-0.2, 0) is 10.3 Å². The molecule has 3 heteroatoms. The van der Waals surface area contributed by atoms with Crippen molar-refractivity contribution in [2.45, 2.75) is 31.7 Å². The van der Waals surface area contributed by atoms with Gasteiger partial charge in [0.15, 0.2) is 0 Å². The van der Waals surface area contributed by atoms with E-state index in [1.165, 1.54) is 12.0 Å². The van der Waals surface area contributed by atoms with Crippen LogP contribution >= 0.6 is 15.9 Å². The number of nitrogens with one attached hydrogen (secondary N) is 1. The number of carbonyl (C=O) groups is 1. The van der Waals surface area contributed by atoms with Gasteiger partial charge in [0, 0.05) is 11.4 Å². The summed E-state index contributed by atoms with van der Waals surface area (Å²) < 4.78 is 1.07. The number of hydrogen-bond donors (Lipinski definition) is 1. The molecule has 1 aromatic carbocycles. The SMILES string of the molecule is CC(=O)NC1(c2ccc(Br)cc2)CCC1. The third-order valence-electron chi connectivity index (χ3n) is 3.02. The molecule has 0 aliphatic heterocycles. The van der Waals surface area contributed by atoms with Crippen molar-refractivity contribution in [3.8, 4) is 0 Å². The summed E-state index contributed by atoms with van der Waals surface area (Å²) in [6, 6.07) is 8.22. The summed E-state index contributed by atoms with van der Waals surface area (Å²) in [6.45, 7) is 1.58. The number of rotatable bonds is 2. The van der Waals surface area contributed by atoms with Crippen LogP contribution in [0.25, 0.3) is 0 Å². The minimum Gasteiger partial charge on any atom is -0.347 e. The molecule has 1 aliphatic rings. The molecule has 0 spiro atoms. The smallest absolute Gasteiger partial charge is 0.217 e. The van der Waals surface area contributed by atoms with Crippen molar-refractivity contribution in [1.29, 1.82) is 0 Å². The van der Waals surface area contributed by atoms with E-state index in [-0.39, 0.29) is 11.4 Å². The van der Waals surface area contributed by atoms with Crippen molar-refractivity contribution < 1.29 is 4.79 Å². The Hall–Kier alpha value is -0.830. The first kappa shape index (κ1) is 10.7. The zero-order valence-electron chi connectivity index (χ0n) is 8.72. The minimum absolute atomic E-state index is 0.0534. The van der Waals surface area contributed by atoms with Gasteiger partial charge in [-0.15, -0.1) is 0 Å². The molecule has 80 valence electrons. The Balaban J connectivity index is 2.26. The van der Waals surface area contributed by atoms with E-state index >= 15 is 0 Å². The second-order valence-electron chi connectivity index (χ2n) is 4.12. The molecule has 0 bridgehead atoms. The van der Waals surface area contributed by atoms with E-state index in [1.807, 2.05) is 12.1 Å². The van der Waals surface area contributed by atoms with Crippen LogP contribution in [0.5, 0.6) is 0 Å². The van der Waals surface area contributed by atoms with Gasteiger partial charge in [0.25, 0.3) is 0 Å². The average Bonchev–Trinajstić information content (AvgIpc) is 2.13. The molecule has 0 heterocycles. The Morgan fingerprint density at radius 2 is 1.93 bits per heavy atom. The summed E-state index contributed by atoms with van der Waals surface area (Å²) in [4.78, 5) is 11.2. The Labute approximate surface area is 98.2 Å². The standard InChI is InChI=1S/C12H14BrNO/c1-9(15)14-12(7-2-8-12)10-3-5-11(13)6-4-10/h3-6H,2,7-8H2,1H3,(H,14,15). The molecule has 15 heavy (non-hydrogen) atoms. The maximum atomic E-state index is 11.2. The van der Waals surface area contributed by atoms with Crippen LogP contribution in [0.4, 0.5) is 0 Å². The lowest BCUT2D eigenvalue weighted by Gasteiger charge is -2.43. The fraction of sp³-hybridized carbons (Fsp3) is 0.417. The molecule has 1 aromatic rings. The number of carbonyl (C=O) groups excluding carboxylic acids is 1. The van der Waals surface area contributed by atoms with E-state index in [1.54, 1.807) is 6.92 Å². The van der Waals surface area contributed by atoms with Crippen molar-refractivity contribution >= 4 is 21.8 Å². The predicted molar refractivity (Wildman–Crippen MR) is 63.5 cm³/mol. The van der Waals surface area contributed by atoms with Gasteiger partial charge in [0.2, 0.25) is 5.91 Å². The first-order valence-corrected chi connectivity index (χ1v) is 5.96. The lowest BCUT2D eigenvalue weighted by molar-refractivity contribution is -0.122. The van der Waals surface area contributed by atoms with E-state index in [0.717, 1.165) is 17.3 Å². The van der Waals surface area contributed by atoms with Crippen molar-refractivity contribution in [2.24, 2.45) is 0 Å². The Morgan fingerprint density at radius 3 is 2.33 bits per heavy atom. The highest BCUT2D eigenvalue weighted by molar-refractivity contribution is 9.10. The highest BCUT2D eigenvalue weighted by Crippen LogP contribution is 2.41. The molecule has 2 nitrogen and oxygen atoms in total. The second kappa shape index (κ2) is 3.97. The van der Waals surface area contributed by atoms with Crippen LogP contribution < -0.4 is 5.32 Å². The van der Waals surface area contributed by atoms with E-state index in [9.17, 15) is 4.79 Å². The fourth-order valence-corrected chi connectivity index (χ4v) is 2.39. The summed E-state index contributed by atoms with van der Waals surface area (Å²) in [7, 11) is 0. The maximum absolute atomic E-state index is 11.2. The molecule has 1 aliphatic carbocycles. The van der Waals surface area contributed by atoms with Gasteiger partial charge in [0.05, 0.1) is 5.54 Å². The molecule has 1 amide bonds. The lowest BCUT2D eigenvalue weighted by Crippen LogP contribution is -2.50. The first-order valence-electron chi connectivity index (χ1n) is 5.17. The number of halogens is 1. The normalized spacial score (nSPS) is 18.0. The molecule has 0 unspecified atom stereocenters. The van der Waals surface area contributed by atoms with Crippen LogP contribution in [-0.4, -0.2) is 5.91 Å². The molecule has 0 radical (unpaired) electrons. The zero-order valence-corrected chi connectivity index (χ0v) is 10.3. The van der Waals surface area contributed by atoms with Gasteiger partial charge in [-0.2, -0.15) is 0 Å². The maximum Gasteiger partial charge on any atom is 0.217 e. The summed E-state index contributed by atoms with van der Waals surface area (Å²) in [5, 5.41) is 3.07. The number of amides is 1. The summed E-state index contributed by atoms with van der Waals surface area (Å²) >= 11 is 3.42. The fourth-order valence-electron chi connectivity index (χ4n) is 2.12.